The zero-order valence-corrected chi connectivity index (χ0v) is 12.3. The third-order valence-corrected chi connectivity index (χ3v) is 2.98. The monoisotopic (exact) mass is 333 g/mol. The first-order valence-electron chi connectivity index (χ1n) is 5.77. The second kappa shape index (κ2) is 6.81. The number of pyridine rings is 1. The highest BCUT2D eigenvalue weighted by Crippen LogP contribution is 2.21. The minimum absolute atomic E-state index is 0.316. The maximum absolute atomic E-state index is 11.8. The highest BCUT2D eigenvalue weighted by atomic mass is 79.9. The van der Waals surface area contributed by atoms with Crippen LogP contribution in [0.2, 0.25) is 0 Å². The van der Waals surface area contributed by atoms with E-state index in [1.54, 1.807) is 25.4 Å². The van der Waals surface area contributed by atoms with E-state index in [2.05, 4.69) is 31.4 Å². The fourth-order valence-corrected chi connectivity index (χ4v) is 1.91. The van der Waals surface area contributed by atoms with Crippen LogP contribution in [0.15, 0.2) is 52.3 Å². The lowest BCUT2D eigenvalue weighted by Crippen LogP contribution is -2.17. The van der Waals surface area contributed by atoms with Crippen LogP contribution in [0, 0.1) is 0 Å². The Labute approximate surface area is 124 Å². The van der Waals surface area contributed by atoms with Crippen molar-refractivity contribution in [3.8, 4) is 5.75 Å². The van der Waals surface area contributed by atoms with Gasteiger partial charge in [-0.1, -0.05) is 15.9 Å². The van der Waals surface area contributed by atoms with Crippen molar-refractivity contribution in [1.82, 2.24) is 10.4 Å². The van der Waals surface area contributed by atoms with Crippen molar-refractivity contribution in [1.29, 1.82) is 0 Å². The fourth-order valence-electron chi connectivity index (χ4n) is 1.53. The SMILES string of the molecule is COc1ccc(Br)cc1/C=N\NC(=O)c1cccnc1. The molecule has 2 aromatic rings. The molecular formula is C14H12BrN3O2. The molecule has 0 aliphatic heterocycles. The van der Waals surface area contributed by atoms with Gasteiger partial charge in [-0.3, -0.25) is 9.78 Å². The topological polar surface area (TPSA) is 63.6 Å². The van der Waals surface area contributed by atoms with Gasteiger partial charge in [-0.2, -0.15) is 5.10 Å². The minimum atomic E-state index is -0.316. The van der Waals surface area contributed by atoms with Gasteiger partial charge in [0, 0.05) is 22.4 Å². The summed E-state index contributed by atoms with van der Waals surface area (Å²) in [6.45, 7) is 0. The number of rotatable bonds is 4. The number of ether oxygens (including phenoxy) is 1. The normalized spacial score (nSPS) is 10.5. The largest absolute Gasteiger partial charge is 0.496 e. The standard InChI is InChI=1S/C14H12BrN3O2/c1-20-13-5-4-12(15)7-11(13)9-17-18-14(19)10-3-2-6-16-8-10/h2-9H,1H3,(H,18,19)/b17-9-. The Hall–Kier alpha value is -2.21. The Kier molecular flexibility index (Phi) is 4.84. The quantitative estimate of drug-likeness (QED) is 0.691. The molecule has 0 atom stereocenters. The smallest absolute Gasteiger partial charge is 0.272 e. The average molecular weight is 334 g/mol. The summed E-state index contributed by atoms with van der Waals surface area (Å²) in [6, 6.07) is 8.88. The molecule has 0 radical (unpaired) electrons. The number of carbonyl (C=O) groups excluding carboxylic acids is 1. The van der Waals surface area contributed by atoms with E-state index in [4.69, 9.17) is 4.74 Å². The van der Waals surface area contributed by atoms with Gasteiger partial charge in [-0.25, -0.2) is 5.43 Å². The molecule has 6 heteroatoms. The van der Waals surface area contributed by atoms with E-state index >= 15 is 0 Å². The molecule has 1 aromatic heterocycles. The zero-order valence-electron chi connectivity index (χ0n) is 10.7. The summed E-state index contributed by atoms with van der Waals surface area (Å²) in [5.41, 5.74) is 3.65. The highest BCUT2D eigenvalue weighted by molar-refractivity contribution is 9.10. The van der Waals surface area contributed by atoms with Crippen LogP contribution in [0.3, 0.4) is 0 Å². The van der Waals surface area contributed by atoms with Crippen LogP contribution >= 0.6 is 15.9 Å². The van der Waals surface area contributed by atoms with Crippen molar-refractivity contribution in [2.75, 3.05) is 7.11 Å². The summed E-state index contributed by atoms with van der Waals surface area (Å²) in [7, 11) is 1.58. The van der Waals surface area contributed by atoms with Crippen molar-refractivity contribution >= 4 is 28.1 Å². The van der Waals surface area contributed by atoms with Crippen LogP contribution in [0.1, 0.15) is 15.9 Å². The molecule has 0 fully saturated rings. The molecule has 5 nitrogen and oxygen atoms in total. The second-order valence-electron chi connectivity index (χ2n) is 3.83. The molecule has 0 saturated carbocycles. The van der Waals surface area contributed by atoms with Crippen LogP contribution in [-0.2, 0) is 0 Å². The lowest BCUT2D eigenvalue weighted by atomic mass is 10.2. The molecule has 102 valence electrons. The van der Waals surface area contributed by atoms with Gasteiger partial charge in [0.05, 0.1) is 18.9 Å². The first-order chi connectivity index (χ1) is 9.70. The first kappa shape index (κ1) is 14.2. The number of hydrogen-bond donors (Lipinski definition) is 1. The van der Waals surface area contributed by atoms with Gasteiger partial charge in [0.1, 0.15) is 5.75 Å². The summed E-state index contributed by atoms with van der Waals surface area (Å²) in [5, 5.41) is 3.91. The molecule has 20 heavy (non-hydrogen) atoms. The van der Waals surface area contributed by atoms with E-state index < -0.39 is 0 Å². The molecule has 0 aliphatic rings. The van der Waals surface area contributed by atoms with Gasteiger partial charge in [0.15, 0.2) is 0 Å². The number of hydrogen-bond acceptors (Lipinski definition) is 4. The molecule has 1 amide bonds. The zero-order chi connectivity index (χ0) is 14.4. The van der Waals surface area contributed by atoms with Gasteiger partial charge in [-0.05, 0) is 30.3 Å². The van der Waals surface area contributed by atoms with Crippen LogP contribution in [-0.4, -0.2) is 24.2 Å². The molecule has 1 N–H and O–H groups in total. The minimum Gasteiger partial charge on any atom is -0.496 e. The number of benzene rings is 1. The number of halogens is 1. The van der Waals surface area contributed by atoms with E-state index in [1.807, 2.05) is 18.2 Å². The Morgan fingerprint density at radius 1 is 1.45 bits per heavy atom. The maximum atomic E-state index is 11.8. The lowest BCUT2D eigenvalue weighted by Gasteiger charge is -2.04. The number of nitrogens with one attached hydrogen (secondary N) is 1. The maximum Gasteiger partial charge on any atom is 0.272 e. The van der Waals surface area contributed by atoms with E-state index in [1.165, 1.54) is 12.4 Å². The molecule has 1 heterocycles. The first-order valence-corrected chi connectivity index (χ1v) is 6.57. The van der Waals surface area contributed by atoms with Crippen molar-refractivity contribution in [2.24, 2.45) is 5.10 Å². The van der Waals surface area contributed by atoms with Crippen molar-refractivity contribution in [3.63, 3.8) is 0 Å². The lowest BCUT2D eigenvalue weighted by molar-refractivity contribution is 0.0955. The van der Waals surface area contributed by atoms with Crippen molar-refractivity contribution < 1.29 is 9.53 Å². The molecule has 0 bridgehead atoms. The van der Waals surface area contributed by atoms with Gasteiger partial charge in [-0.15, -0.1) is 0 Å². The van der Waals surface area contributed by atoms with Crippen LogP contribution < -0.4 is 10.2 Å². The molecular weight excluding hydrogens is 322 g/mol. The van der Waals surface area contributed by atoms with Crippen molar-refractivity contribution in [3.05, 3.63) is 58.3 Å². The summed E-state index contributed by atoms with van der Waals surface area (Å²) >= 11 is 3.37. The van der Waals surface area contributed by atoms with E-state index in [-0.39, 0.29) is 5.91 Å². The number of aromatic nitrogens is 1. The Balaban J connectivity index is 2.07. The number of methoxy groups -OCH3 is 1. The van der Waals surface area contributed by atoms with Crippen LogP contribution in [0.5, 0.6) is 5.75 Å². The summed E-state index contributed by atoms with van der Waals surface area (Å²) in [6.07, 6.45) is 4.61. The van der Waals surface area contributed by atoms with E-state index in [9.17, 15) is 4.79 Å². The van der Waals surface area contributed by atoms with Gasteiger partial charge >= 0.3 is 0 Å². The third-order valence-electron chi connectivity index (χ3n) is 2.49. The molecule has 1 aromatic carbocycles. The Morgan fingerprint density at radius 2 is 2.30 bits per heavy atom. The van der Waals surface area contributed by atoms with E-state index in [0.717, 1.165) is 10.0 Å². The molecule has 0 spiro atoms. The summed E-state index contributed by atoms with van der Waals surface area (Å²) in [4.78, 5) is 15.6. The second-order valence-corrected chi connectivity index (χ2v) is 4.74. The van der Waals surface area contributed by atoms with Gasteiger partial charge in [0.25, 0.3) is 5.91 Å². The molecule has 0 unspecified atom stereocenters. The molecule has 0 saturated heterocycles. The Morgan fingerprint density at radius 3 is 3.00 bits per heavy atom. The predicted octanol–water partition coefficient (Wildman–Crippen LogP) is 2.62. The summed E-state index contributed by atoms with van der Waals surface area (Å²) < 4.78 is 6.11. The van der Waals surface area contributed by atoms with Gasteiger partial charge < -0.3 is 4.74 Å². The molecule has 2 rings (SSSR count). The third kappa shape index (κ3) is 3.64. The number of amides is 1. The predicted molar refractivity (Wildman–Crippen MR) is 80.0 cm³/mol. The van der Waals surface area contributed by atoms with E-state index in [0.29, 0.717) is 11.3 Å². The van der Waals surface area contributed by atoms with Crippen molar-refractivity contribution in [2.45, 2.75) is 0 Å². The van der Waals surface area contributed by atoms with Crippen LogP contribution in [0.25, 0.3) is 0 Å². The number of nitrogens with zero attached hydrogens (tertiary/aromatic N) is 2. The Bertz CT molecular complexity index is 630. The van der Waals surface area contributed by atoms with Gasteiger partial charge in [0.2, 0.25) is 0 Å². The van der Waals surface area contributed by atoms with Crippen LogP contribution in [0.4, 0.5) is 0 Å². The highest BCUT2D eigenvalue weighted by Gasteiger charge is 2.04. The number of carbonyl (C=O) groups is 1. The summed E-state index contributed by atoms with van der Waals surface area (Å²) in [5.74, 6) is 0.357. The number of hydrazone groups is 1. The molecule has 0 aliphatic carbocycles. The average Bonchev–Trinajstić information content (AvgIpc) is 2.48. The fraction of sp³-hybridized carbons (Fsp3) is 0.0714.